The number of benzene rings is 1. The summed E-state index contributed by atoms with van der Waals surface area (Å²) in [6.07, 6.45) is 0.946. The lowest BCUT2D eigenvalue weighted by Crippen LogP contribution is -2.36. The van der Waals surface area contributed by atoms with Crippen molar-refractivity contribution in [3.05, 3.63) is 42.3 Å². The molecule has 3 aromatic rings. The molecule has 174 valence electrons. The Morgan fingerprint density at radius 3 is 2.76 bits per heavy atom. The van der Waals surface area contributed by atoms with Gasteiger partial charge in [-0.05, 0) is 42.9 Å². The molecular formula is C20H20F3N7O3. The number of nitrogens with zero attached hydrogens (tertiary/aromatic N) is 5. The number of aromatic nitrogens is 5. The summed E-state index contributed by atoms with van der Waals surface area (Å²) in [5.41, 5.74) is 1.12. The van der Waals surface area contributed by atoms with Gasteiger partial charge in [-0.15, -0.1) is 33.6 Å². The number of carbonyl (C=O) groups is 1. The molecule has 2 aromatic heterocycles. The van der Waals surface area contributed by atoms with Gasteiger partial charge in [0.25, 0.3) is 0 Å². The number of amides is 1. The molecule has 1 aliphatic heterocycles. The van der Waals surface area contributed by atoms with Crippen molar-refractivity contribution in [3.63, 3.8) is 0 Å². The first-order chi connectivity index (χ1) is 15.8. The zero-order valence-electron chi connectivity index (χ0n) is 17.2. The average Bonchev–Trinajstić information content (AvgIpc) is 3.15. The van der Waals surface area contributed by atoms with Crippen molar-refractivity contribution in [1.82, 2.24) is 35.6 Å². The molecule has 2 fully saturated rings. The monoisotopic (exact) mass is 463 g/mol. The molecule has 3 heterocycles. The standard InChI is InChI=1S/C20H20F3N7O3/c21-20(22,23)33-14-3-4-15(11-1-2-11)16(6-14)18-28-29-19(32-18)17(31)27-12-5-13(24-7-12)8-30-9-25-26-10-30/h3-4,6,9-13,24H,1-2,5,7-8H2,(H,27,31)/t12-,13+/m1/s1. The van der Waals surface area contributed by atoms with Gasteiger partial charge in [-0.1, -0.05) is 6.07 Å². The first-order valence-corrected chi connectivity index (χ1v) is 10.4. The number of carbonyl (C=O) groups excluding carboxylic acids is 1. The number of ether oxygens (including phenoxy) is 1. The fourth-order valence-electron chi connectivity index (χ4n) is 3.98. The zero-order valence-corrected chi connectivity index (χ0v) is 17.2. The minimum absolute atomic E-state index is 0.0234. The molecule has 1 saturated heterocycles. The highest BCUT2D eigenvalue weighted by Gasteiger charge is 2.34. The molecule has 5 rings (SSSR count). The van der Waals surface area contributed by atoms with Crippen LogP contribution in [-0.4, -0.2) is 55.9 Å². The Labute approximate surface area is 185 Å². The predicted octanol–water partition coefficient (Wildman–Crippen LogP) is 2.26. The second-order valence-electron chi connectivity index (χ2n) is 8.15. The summed E-state index contributed by atoms with van der Waals surface area (Å²) in [7, 11) is 0. The Balaban J connectivity index is 1.27. The van der Waals surface area contributed by atoms with Crippen LogP contribution >= 0.6 is 0 Å². The van der Waals surface area contributed by atoms with E-state index in [-0.39, 0.29) is 35.5 Å². The maximum atomic E-state index is 12.6. The smallest absolute Gasteiger partial charge is 0.412 e. The highest BCUT2D eigenvalue weighted by atomic mass is 19.4. The Kier molecular flexibility index (Phi) is 5.48. The molecule has 2 N–H and O–H groups in total. The van der Waals surface area contributed by atoms with E-state index in [1.165, 1.54) is 12.1 Å². The van der Waals surface area contributed by atoms with E-state index in [0.29, 0.717) is 25.1 Å². The van der Waals surface area contributed by atoms with Crippen molar-refractivity contribution >= 4 is 5.91 Å². The Morgan fingerprint density at radius 1 is 1.24 bits per heavy atom. The van der Waals surface area contributed by atoms with Crippen LogP contribution in [0.5, 0.6) is 5.75 Å². The third kappa shape index (κ3) is 5.13. The van der Waals surface area contributed by atoms with Crippen molar-refractivity contribution in [1.29, 1.82) is 0 Å². The third-order valence-corrected chi connectivity index (χ3v) is 5.58. The van der Waals surface area contributed by atoms with Crippen LogP contribution in [-0.2, 0) is 6.54 Å². The first kappa shape index (κ1) is 21.4. The van der Waals surface area contributed by atoms with Gasteiger partial charge in [-0.25, -0.2) is 0 Å². The topological polar surface area (TPSA) is 120 Å². The summed E-state index contributed by atoms with van der Waals surface area (Å²) >= 11 is 0. The molecule has 2 atom stereocenters. The summed E-state index contributed by atoms with van der Waals surface area (Å²) in [5.74, 6) is -0.999. The summed E-state index contributed by atoms with van der Waals surface area (Å²) in [4.78, 5) is 12.6. The Morgan fingerprint density at radius 2 is 2.03 bits per heavy atom. The summed E-state index contributed by atoms with van der Waals surface area (Å²) in [6.45, 7) is 1.24. The highest BCUT2D eigenvalue weighted by Crippen LogP contribution is 2.45. The molecule has 33 heavy (non-hydrogen) atoms. The molecule has 1 aromatic carbocycles. The number of rotatable bonds is 7. The fraction of sp³-hybridized carbons (Fsp3) is 0.450. The van der Waals surface area contributed by atoms with E-state index in [1.54, 1.807) is 18.7 Å². The lowest BCUT2D eigenvalue weighted by molar-refractivity contribution is -0.274. The summed E-state index contributed by atoms with van der Waals surface area (Å²) in [5, 5.41) is 21.4. The highest BCUT2D eigenvalue weighted by molar-refractivity contribution is 5.90. The van der Waals surface area contributed by atoms with Crippen LogP contribution in [0.1, 0.15) is 41.4 Å². The Hall–Kier alpha value is -3.48. The minimum Gasteiger partial charge on any atom is -0.412 e. The van der Waals surface area contributed by atoms with Crippen molar-refractivity contribution in [2.24, 2.45) is 0 Å². The third-order valence-electron chi connectivity index (χ3n) is 5.58. The first-order valence-electron chi connectivity index (χ1n) is 10.4. The average molecular weight is 463 g/mol. The van der Waals surface area contributed by atoms with E-state index in [9.17, 15) is 18.0 Å². The minimum atomic E-state index is -4.82. The van der Waals surface area contributed by atoms with E-state index in [2.05, 4.69) is 35.8 Å². The molecule has 0 unspecified atom stereocenters. The molecule has 0 bridgehead atoms. The van der Waals surface area contributed by atoms with Gasteiger partial charge in [0.2, 0.25) is 5.89 Å². The number of hydrogen-bond donors (Lipinski definition) is 2. The van der Waals surface area contributed by atoms with E-state index < -0.39 is 12.3 Å². The van der Waals surface area contributed by atoms with Crippen LogP contribution in [0.25, 0.3) is 11.5 Å². The second-order valence-corrected chi connectivity index (χ2v) is 8.15. The largest absolute Gasteiger partial charge is 0.573 e. The van der Waals surface area contributed by atoms with Gasteiger partial charge < -0.3 is 24.4 Å². The maximum Gasteiger partial charge on any atom is 0.573 e. The van der Waals surface area contributed by atoms with Crippen LogP contribution in [0.4, 0.5) is 13.2 Å². The number of nitrogens with one attached hydrogen (secondary N) is 2. The molecule has 0 spiro atoms. The summed E-state index contributed by atoms with van der Waals surface area (Å²) in [6, 6.07) is 4.05. The van der Waals surface area contributed by atoms with Crippen molar-refractivity contribution in [2.45, 2.75) is 50.2 Å². The van der Waals surface area contributed by atoms with Gasteiger partial charge in [0.1, 0.15) is 18.4 Å². The Bertz CT molecular complexity index is 1130. The van der Waals surface area contributed by atoms with Crippen molar-refractivity contribution < 1.29 is 27.1 Å². The quantitative estimate of drug-likeness (QED) is 0.548. The fourth-order valence-corrected chi connectivity index (χ4v) is 3.98. The molecule has 10 nitrogen and oxygen atoms in total. The molecule has 2 aliphatic rings. The molecule has 0 radical (unpaired) electrons. The number of alkyl halides is 3. The van der Waals surface area contributed by atoms with E-state index in [1.807, 2.05) is 4.57 Å². The SMILES string of the molecule is O=C(N[C@H]1CN[C@H](Cn2cnnc2)C1)c1nnc(-c2cc(OC(F)(F)F)ccc2C2CC2)o1. The van der Waals surface area contributed by atoms with Gasteiger partial charge in [0.15, 0.2) is 0 Å². The lowest BCUT2D eigenvalue weighted by Gasteiger charge is -2.12. The second kappa shape index (κ2) is 8.46. The van der Waals surface area contributed by atoms with Crippen molar-refractivity contribution in [2.75, 3.05) is 6.54 Å². The van der Waals surface area contributed by atoms with Crippen molar-refractivity contribution in [3.8, 4) is 17.2 Å². The van der Waals surface area contributed by atoms with Crippen LogP contribution in [0, 0.1) is 0 Å². The zero-order chi connectivity index (χ0) is 23.0. The summed E-state index contributed by atoms with van der Waals surface area (Å²) < 4.78 is 49.4. The van der Waals surface area contributed by atoms with Crippen LogP contribution < -0.4 is 15.4 Å². The molecular weight excluding hydrogens is 443 g/mol. The van der Waals surface area contributed by atoms with Crippen LogP contribution in [0.2, 0.25) is 0 Å². The van der Waals surface area contributed by atoms with E-state index in [0.717, 1.165) is 18.4 Å². The molecule has 1 saturated carbocycles. The normalized spacial score (nSPS) is 20.7. The van der Waals surface area contributed by atoms with E-state index in [4.69, 9.17) is 4.42 Å². The lowest BCUT2D eigenvalue weighted by atomic mass is 10.0. The van der Waals surface area contributed by atoms with Gasteiger partial charge in [0, 0.05) is 30.7 Å². The molecule has 13 heteroatoms. The van der Waals surface area contributed by atoms with Gasteiger partial charge in [-0.3, -0.25) is 4.79 Å². The number of halogens is 3. The van der Waals surface area contributed by atoms with Crippen LogP contribution in [0.3, 0.4) is 0 Å². The van der Waals surface area contributed by atoms with E-state index >= 15 is 0 Å². The van der Waals surface area contributed by atoms with Gasteiger partial charge in [0.05, 0.1) is 0 Å². The van der Waals surface area contributed by atoms with Gasteiger partial charge in [-0.2, -0.15) is 0 Å². The predicted molar refractivity (Wildman–Crippen MR) is 106 cm³/mol. The molecule has 1 aliphatic carbocycles. The van der Waals surface area contributed by atoms with Gasteiger partial charge >= 0.3 is 18.2 Å². The maximum absolute atomic E-state index is 12.6. The van der Waals surface area contributed by atoms with Crippen LogP contribution in [0.15, 0.2) is 35.3 Å². The number of hydrogen-bond acceptors (Lipinski definition) is 8. The molecule has 1 amide bonds.